The summed E-state index contributed by atoms with van der Waals surface area (Å²) in [6.45, 7) is -2.42. The van der Waals surface area contributed by atoms with Gasteiger partial charge in [-0.2, -0.15) is 52.7 Å². The van der Waals surface area contributed by atoms with Crippen LogP contribution in [0.5, 0.6) is 0 Å². The minimum Gasteiger partial charge on any atom is -0.381 e. The maximum Gasteiger partial charge on any atom is 0.423 e. The summed E-state index contributed by atoms with van der Waals surface area (Å²) in [5.74, 6) is -0.363. The first-order valence-electron chi connectivity index (χ1n) is 11.4. The van der Waals surface area contributed by atoms with Crippen LogP contribution in [0.25, 0.3) is 0 Å². The van der Waals surface area contributed by atoms with Crippen molar-refractivity contribution in [1.29, 1.82) is 0 Å². The lowest BCUT2D eigenvalue weighted by Gasteiger charge is -2.32. The highest BCUT2D eigenvalue weighted by molar-refractivity contribution is 5.76. The van der Waals surface area contributed by atoms with Crippen LogP contribution in [0.2, 0.25) is 0 Å². The molecule has 3 rings (SSSR count). The maximum atomic E-state index is 13.9. The Bertz CT molecular complexity index is 1200. The van der Waals surface area contributed by atoms with Gasteiger partial charge in [-0.15, -0.1) is 0 Å². The minimum absolute atomic E-state index is 0.114. The molecule has 2 aromatic rings. The van der Waals surface area contributed by atoms with Crippen molar-refractivity contribution in [3.05, 3.63) is 64.2 Å². The fourth-order valence-electron chi connectivity index (χ4n) is 3.74. The number of carbonyl (C=O) groups is 1. The van der Waals surface area contributed by atoms with E-state index in [2.05, 4.69) is 5.32 Å². The lowest BCUT2D eigenvalue weighted by atomic mass is 9.89. The summed E-state index contributed by atoms with van der Waals surface area (Å²) in [5.41, 5.74) is -13.0. The van der Waals surface area contributed by atoms with Crippen molar-refractivity contribution in [1.82, 2.24) is 5.32 Å². The van der Waals surface area contributed by atoms with E-state index in [1.165, 1.54) is 0 Å². The van der Waals surface area contributed by atoms with Crippen molar-refractivity contribution >= 4 is 11.6 Å². The molecule has 1 aliphatic rings. The summed E-state index contributed by atoms with van der Waals surface area (Å²) in [7, 11) is 0. The highest BCUT2D eigenvalue weighted by Crippen LogP contribution is 2.44. The fourth-order valence-corrected chi connectivity index (χ4v) is 3.74. The van der Waals surface area contributed by atoms with Crippen molar-refractivity contribution in [3.8, 4) is 0 Å². The van der Waals surface area contributed by atoms with Crippen molar-refractivity contribution in [2.24, 2.45) is 5.92 Å². The summed E-state index contributed by atoms with van der Waals surface area (Å²) in [6, 6.07) is 0.929. The average molecular weight is 596 g/mol. The lowest BCUT2D eigenvalue weighted by Crippen LogP contribution is -2.48. The van der Waals surface area contributed by atoms with E-state index in [0.29, 0.717) is 6.07 Å². The molecule has 1 aliphatic carbocycles. The van der Waals surface area contributed by atoms with E-state index in [0.717, 1.165) is 25.0 Å². The van der Waals surface area contributed by atoms with Gasteiger partial charge in [-0.1, -0.05) is 6.07 Å². The number of aliphatic hydroxyl groups is 1. The summed E-state index contributed by atoms with van der Waals surface area (Å²) in [5, 5.41) is 14.5. The number of amides is 1. The molecule has 1 saturated carbocycles. The molecule has 40 heavy (non-hydrogen) atoms. The Morgan fingerprint density at radius 2 is 1.30 bits per heavy atom. The number of rotatable bonds is 8. The van der Waals surface area contributed by atoms with Crippen LogP contribution in [0, 0.1) is 5.92 Å². The molecule has 0 heterocycles. The molecule has 0 spiro atoms. The molecule has 3 N–H and O–H groups in total. The smallest absolute Gasteiger partial charge is 0.381 e. The zero-order valence-electron chi connectivity index (χ0n) is 20.0. The van der Waals surface area contributed by atoms with Gasteiger partial charge < -0.3 is 15.7 Å². The fraction of sp³-hybridized carbons (Fsp3) is 0.458. The van der Waals surface area contributed by atoms with E-state index >= 15 is 0 Å². The number of hydrogen-bond donors (Lipinski definition) is 3. The number of hydrogen-bond acceptors (Lipinski definition) is 3. The predicted molar refractivity (Wildman–Crippen MR) is 116 cm³/mol. The predicted octanol–water partition coefficient (Wildman–Crippen LogP) is 7.02. The van der Waals surface area contributed by atoms with Crippen LogP contribution in [0.15, 0.2) is 36.4 Å². The van der Waals surface area contributed by atoms with Crippen LogP contribution in [0.1, 0.15) is 47.1 Å². The van der Waals surface area contributed by atoms with E-state index in [-0.39, 0.29) is 24.5 Å². The largest absolute Gasteiger partial charge is 0.423 e. The average Bonchev–Trinajstić information content (AvgIpc) is 3.62. The topological polar surface area (TPSA) is 61.4 Å². The molecule has 1 fully saturated rings. The third-order valence-corrected chi connectivity index (χ3v) is 6.14. The van der Waals surface area contributed by atoms with Crippen molar-refractivity contribution in [2.45, 2.75) is 56.1 Å². The zero-order chi connectivity index (χ0) is 30.3. The van der Waals surface area contributed by atoms with Gasteiger partial charge in [0.2, 0.25) is 11.5 Å². The molecule has 16 heteroatoms. The number of anilines is 1. The third kappa shape index (κ3) is 7.52. The molecule has 1 amide bonds. The van der Waals surface area contributed by atoms with Gasteiger partial charge in [0.05, 0.1) is 23.2 Å². The minimum atomic E-state index is -5.87. The van der Waals surface area contributed by atoms with Crippen molar-refractivity contribution in [3.63, 3.8) is 0 Å². The summed E-state index contributed by atoms with van der Waals surface area (Å²) in [6.07, 6.45) is -20.2. The molecule has 4 nitrogen and oxygen atoms in total. The molecule has 0 radical (unpaired) electrons. The van der Waals surface area contributed by atoms with E-state index in [9.17, 15) is 62.6 Å². The summed E-state index contributed by atoms with van der Waals surface area (Å²) in [4.78, 5) is 11.8. The molecule has 0 aromatic heterocycles. The van der Waals surface area contributed by atoms with E-state index < -0.39 is 88.9 Å². The van der Waals surface area contributed by atoms with Gasteiger partial charge in [0.25, 0.3) is 0 Å². The van der Waals surface area contributed by atoms with E-state index in [4.69, 9.17) is 0 Å². The molecular formula is C24H20F12N2O2. The quantitative estimate of drug-likeness (QED) is 0.287. The molecule has 2 aromatic carbocycles. The Balaban J connectivity index is 1.94. The zero-order valence-corrected chi connectivity index (χ0v) is 20.0. The number of nitrogens with one attached hydrogen (secondary N) is 2. The van der Waals surface area contributed by atoms with Crippen LogP contribution < -0.4 is 10.6 Å². The molecule has 0 aliphatic heterocycles. The van der Waals surface area contributed by atoms with Crippen LogP contribution in [0.3, 0.4) is 0 Å². The number of carbonyl (C=O) groups excluding carboxylic acids is 1. The van der Waals surface area contributed by atoms with Gasteiger partial charge in [-0.25, -0.2) is 0 Å². The first-order valence-corrected chi connectivity index (χ1v) is 11.4. The number of halogens is 12. The highest BCUT2D eigenvalue weighted by atomic mass is 19.4. The monoisotopic (exact) mass is 596 g/mol. The van der Waals surface area contributed by atoms with Gasteiger partial charge in [0.1, 0.15) is 0 Å². The second-order valence-electron chi connectivity index (χ2n) is 9.30. The SMILES string of the molecule is O=C(CC1CC1)NCc1ccc(NC[C@](O)(c2cc(C(F)(F)F)cc(C(F)(F)F)c2)C(F)(F)F)cc1C(F)(F)F. The number of alkyl halides is 12. The Morgan fingerprint density at radius 3 is 1.75 bits per heavy atom. The van der Waals surface area contributed by atoms with E-state index in [1.807, 2.05) is 5.32 Å². The van der Waals surface area contributed by atoms with E-state index in [1.54, 1.807) is 0 Å². The molecule has 0 saturated heterocycles. The van der Waals surface area contributed by atoms with Gasteiger partial charge in [-0.05, 0) is 60.2 Å². The van der Waals surface area contributed by atoms with Crippen LogP contribution >= 0.6 is 0 Å². The Kier molecular flexibility index (Phi) is 8.36. The summed E-state index contributed by atoms with van der Waals surface area (Å²) < 4.78 is 162. The maximum absolute atomic E-state index is 13.9. The van der Waals surface area contributed by atoms with Crippen LogP contribution in [0.4, 0.5) is 58.4 Å². The van der Waals surface area contributed by atoms with Gasteiger partial charge >= 0.3 is 24.7 Å². The van der Waals surface area contributed by atoms with Gasteiger partial charge in [0.15, 0.2) is 0 Å². The Morgan fingerprint density at radius 1 is 0.775 bits per heavy atom. The van der Waals surface area contributed by atoms with Gasteiger partial charge in [-0.3, -0.25) is 4.79 Å². The van der Waals surface area contributed by atoms with Crippen molar-refractivity contribution in [2.75, 3.05) is 11.9 Å². The second-order valence-corrected chi connectivity index (χ2v) is 9.30. The van der Waals surface area contributed by atoms with Crippen LogP contribution in [-0.2, 0) is 35.5 Å². The normalized spacial score (nSPS) is 16.4. The lowest BCUT2D eigenvalue weighted by molar-refractivity contribution is -0.261. The van der Waals surface area contributed by atoms with Crippen molar-refractivity contribution < 1.29 is 62.6 Å². The van der Waals surface area contributed by atoms with Gasteiger partial charge in [0, 0.05) is 18.7 Å². The first-order chi connectivity index (χ1) is 18.1. The number of benzene rings is 2. The highest BCUT2D eigenvalue weighted by Gasteiger charge is 2.56. The molecular weight excluding hydrogens is 576 g/mol. The molecule has 1 atom stereocenters. The Labute approximate surface area is 218 Å². The third-order valence-electron chi connectivity index (χ3n) is 6.14. The Hall–Kier alpha value is -3.17. The molecule has 0 bridgehead atoms. The molecule has 222 valence electrons. The molecule has 0 unspecified atom stereocenters. The summed E-state index contributed by atoms with van der Waals surface area (Å²) >= 11 is 0. The van der Waals surface area contributed by atoms with Crippen LogP contribution in [-0.4, -0.2) is 23.7 Å². The standard InChI is InChI=1S/C24H20F12N2O2/c25-21(26,27)15-6-14(7-16(8-15)22(28,29)30)20(40,24(34,35)36)11-38-17-4-3-13(18(9-17)23(31,32)33)10-37-19(39)5-12-1-2-12/h3-4,6-9,12,38,40H,1-2,5,10-11H2,(H,37,39)/t20-/m0/s1. The first kappa shape index (κ1) is 31.4. The second kappa shape index (κ2) is 10.7.